The van der Waals surface area contributed by atoms with Gasteiger partial charge in [-0.25, -0.2) is 9.97 Å². The number of allylic oxidation sites excluding steroid dienone is 2. The molecule has 1 saturated heterocycles. The van der Waals surface area contributed by atoms with E-state index >= 15 is 0 Å². The average Bonchev–Trinajstić information content (AvgIpc) is 3.32. The van der Waals surface area contributed by atoms with E-state index in [1.54, 1.807) is 12.4 Å². The van der Waals surface area contributed by atoms with E-state index in [2.05, 4.69) is 45.7 Å². The van der Waals surface area contributed by atoms with Crippen molar-refractivity contribution >= 4 is 28.6 Å². The molecule has 1 saturated carbocycles. The molecule has 0 amide bonds. The lowest BCUT2D eigenvalue weighted by molar-refractivity contribution is 0.102. The van der Waals surface area contributed by atoms with Gasteiger partial charge in [-0.2, -0.15) is 5.26 Å². The number of ether oxygens (including phenoxy) is 1. The van der Waals surface area contributed by atoms with Crippen LogP contribution < -0.4 is 4.90 Å². The maximum absolute atomic E-state index is 9.82. The molecule has 0 radical (unpaired) electrons. The molecule has 0 bridgehead atoms. The lowest BCUT2D eigenvalue weighted by Crippen LogP contribution is -2.48. The van der Waals surface area contributed by atoms with Gasteiger partial charge in [0.15, 0.2) is 0 Å². The van der Waals surface area contributed by atoms with Gasteiger partial charge in [-0.05, 0) is 49.2 Å². The Morgan fingerprint density at radius 1 is 1.13 bits per heavy atom. The van der Waals surface area contributed by atoms with Crippen molar-refractivity contribution < 1.29 is 4.74 Å². The lowest BCUT2D eigenvalue weighted by Gasteiger charge is -2.38. The molecule has 38 heavy (non-hydrogen) atoms. The Hall–Kier alpha value is -3.21. The van der Waals surface area contributed by atoms with Crippen molar-refractivity contribution in [3.8, 4) is 17.3 Å². The summed E-state index contributed by atoms with van der Waals surface area (Å²) < 4.78 is 8.34. The Bertz CT molecular complexity index is 1430. The van der Waals surface area contributed by atoms with Crippen LogP contribution in [0.4, 0.5) is 5.95 Å². The molecule has 4 heterocycles. The fourth-order valence-electron chi connectivity index (χ4n) is 6.11. The van der Waals surface area contributed by atoms with Crippen LogP contribution in [0.25, 0.3) is 22.3 Å². The van der Waals surface area contributed by atoms with Gasteiger partial charge in [0.1, 0.15) is 11.8 Å². The molecular weight excluding hydrogens is 496 g/mol. The second-order valence-corrected chi connectivity index (χ2v) is 11.3. The minimum absolute atomic E-state index is 0.0990. The summed E-state index contributed by atoms with van der Waals surface area (Å²) in [5.74, 6) is 2.28. The van der Waals surface area contributed by atoms with E-state index in [0.29, 0.717) is 35.5 Å². The number of halogens is 1. The van der Waals surface area contributed by atoms with Crippen molar-refractivity contribution in [3.05, 3.63) is 59.0 Å². The quantitative estimate of drug-likeness (QED) is 0.385. The molecule has 8 heteroatoms. The molecule has 0 spiro atoms. The van der Waals surface area contributed by atoms with Crippen LogP contribution in [0.2, 0.25) is 5.02 Å². The second kappa shape index (κ2) is 10.9. The standard InChI is InChI=1S/C30H33ClN6O/c1-20-7-9-21(10-8-20)18-37-29-26(14-25(15-32)34-28(29)23-13-24(31)17-33-16-23)35-30(37)36-11-12-38-19-27(36)22-5-3-2-4-6-22/h3,5-6,13-14,16-17,20-21,27H,2,4,7-12,18-19H2,1H3. The molecule has 0 N–H and O–H groups in total. The van der Waals surface area contributed by atoms with Crippen LogP contribution in [-0.2, 0) is 11.3 Å². The van der Waals surface area contributed by atoms with Crippen molar-refractivity contribution in [3.63, 3.8) is 0 Å². The lowest BCUT2D eigenvalue weighted by atomic mass is 9.83. The fourth-order valence-corrected chi connectivity index (χ4v) is 6.28. The highest BCUT2D eigenvalue weighted by molar-refractivity contribution is 6.30. The summed E-state index contributed by atoms with van der Waals surface area (Å²) in [6.07, 6.45) is 17.3. The Kier molecular flexibility index (Phi) is 7.18. The van der Waals surface area contributed by atoms with E-state index in [0.717, 1.165) is 54.4 Å². The molecule has 3 aliphatic rings. The molecular formula is C30H33ClN6O. The van der Waals surface area contributed by atoms with Gasteiger partial charge in [0.25, 0.3) is 0 Å². The summed E-state index contributed by atoms with van der Waals surface area (Å²) in [5, 5.41) is 10.4. The highest BCUT2D eigenvalue weighted by Gasteiger charge is 2.32. The van der Waals surface area contributed by atoms with Gasteiger partial charge in [0.2, 0.25) is 5.95 Å². The highest BCUT2D eigenvalue weighted by atomic mass is 35.5. The average molecular weight is 529 g/mol. The summed E-state index contributed by atoms with van der Waals surface area (Å²) in [6, 6.07) is 6.01. The first-order valence-electron chi connectivity index (χ1n) is 13.7. The van der Waals surface area contributed by atoms with Crippen molar-refractivity contribution in [1.82, 2.24) is 19.5 Å². The van der Waals surface area contributed by atoms with Gasteiger partial charge in [0.05, 0.1) is 41.0 Å². The van der Waals surface area contributed by atoms with Gasteiger partial charge in [0, 0.05) is 37.1 Å². The summed E-state index contributed by atoms with van der Waals surface area (Å²) in [7, 11) is 0. The third-order valence-corrected chi connectivity index (χ3v) is 8.37. The zero-order valence-electron chi connectivity index (χ0n) is 21.8. The molecule has 0 aromatic carbocycles. The number of anilines is 1. The fraction of sp³-hybridized carbons (Fsp3) is 0.467. The van der Waals surface area contributed by atoms with Crippen molar-refractivity contribution in [2.24, 2.45) is 11.8 Å². The minimum Gasteiger partial charge on any atom is -0.377 e. The Morgan fingerprint density at radius 3 is 2.76 bits per heavy atom. The first kappa shape index (κ1) is 25.1. The maximum atomic E-state index is 9.82. The number of hydrogen-bond acceptors (Lipinski definition) is 6. The van der Waals surface area contributed by atoms with E-state index in [9.17, 15) is 5.26 Å². The monoisotopic (exact) mass is 528 g/mol. The normalized spacial score (nSPS) is 23.9. The molecule has 7 nitrogen and oxygen atoms in total. The Morgan fingerprint density at radius 2 is 2.00 bits per heavy atom. The van der Waals surface area contributed by atoms with Crippen LogP contribution in [0.5, 0.6) is 0 Å². The molecule has 1 unspecified atom stereocenters. The number of imidazole rings is 1. The van der Waals surface area contributed by atoms with Gasteiger partial charge in [-0.3, -0.25) is 4.98 Å². The molecule has 3 aromatic rings. The largest absolute Gasteiger partial charge is 0.377 e. The first-order chi connectivity index (χ1) is 18.6. The molecule has 196 valence electrons. The summed E-state index contributed by atoms with van der Waals surface area (Å²) in [6.45, 7) is 5.27. The van der Waals surface area contributed by atoms with Crippen LogP contribution in [0.3, 0.4) is 0 Å². The number of hydrogen-bond donors (Lipinski definition) is 0. The van der Waals surface area contributed by atoms with Crippen molar-refractivity contribution in [2.75, 3.05) is 24.7 Å². The minimum atomic E-state index is 0.0990. The number of morpholine rings is 1. The van der Waals surface area contributed by atoms with Gasteiger partial charge < -0.3 is 14.2 Å². The van der Waals surface area contributed by atoms with Crippen LogP contribution in [0.15, 0.2) is 48.3 Å². The number of rotatable bonds is 5. The predicted octanol–water partition coefficient (Wildman–Crippen LogP) is 6.33. The number of nitriles is 1. The van der Waals surface area contributed by atoms with E-state index in [-0.39, 0.29) is 6.04 Å². The number of pyridine rings is 2. The summed E-state index contributed by atoms with van der Waals surface area (Å²) in [5.41, 5.74) is 4.85. The van der Waals surface area contributed by atoms with Crippen LogP contribution in [-0.4, -0.2) is 45.3 Å². The summed E-state index contributed by atoms with van der Waals surface area (Å²) in [4.78, 5) is 16.7. The van der Waals surface area contributed by atoms with Gasteiger partial charge in [-0.1, -0.05) is 49.6 Å². The van der Waals surface area contributed by atoms with Crippen molar-refractivity contribution in [1.29, 1.82) is 5.26 Å². The van der Waals surface area contributed by atoms with Crippen molar-refractivity contribution in [2.45, 2.75) is 58.0 Å². The smallest absolute Gasteiger partial charge is 0.207 e. The Balaban J connectivity index is 1.53. The molecule has 3 aromatic heterocycles. The molecule has 1 atom stereocenters. The molecule has 2 fully saturated rings. The van der Waals surface area contributed by atoms with Gasteiger partial charge >= 0.3 is 0 Å². The number of aromatic nitrogens is 4. The van der Waals surface area contributed by atoms with E-state index in [4.69, 9.17) is 26.3 Å². The Labute approximate surface area is 228 Å². The number of fused-ring (bicyclic) bond motifs is 1. The van der Waals surface area contributed by atoms with E-state index < -0.39 is 0 Å². The van der Waals surface area contributed by atoms with Crippen LogP contribution in [0.1, 0.15) is 51.1 Å². The third kappa shape index (κ3) is 4.95. The second-order valence-electron chi connectivity index (χ2n) is 10.8. The third-order valence-electron chi connectivity index (χ3n) is 8.17. The SMILES string of the molecule is CC1CCC(Cn2c(N3CCOCC3C3=CCCC=C3)nc3cc(C#N)nc(-c4cncc(Cl)c4)c32)CC1. The van der Waals surface area contributed by atoms with E-state index in [1.165, 1.54) is 31.3 Å². The van der Waals surface area contributed by atoms with Gasteiger partial charge in [-0.15, -0.1) is 0 Å². The predicted molar refractivity (Wildman–Crippen MR) is 150 cm³/mol. The molecule has 1 aliphatic heterocycles. The first-order valence-corrected chi connectivity index (χ1v) is 14.1. The van der Waals surface area contributed by atoms with Crippen LogP contribution in [0, 0.1) is 23.2 Å². The zero-order valence-corrected chi connectivity index (χ0v) is 22.6. The highest BCUT2D eigenvalue weighted by Crippen LogP contribution is 2.37. The topological polar surface area (TPSA) is 79.9 Å². The van der Waals surface area contributed by atoms with E-state index in [1.807, 2.05) is 12.1 Å². The maximum Gasteiger partial charge on any atom is 0.207 e. The van der Waals surface area contributed by atoms with Crippen LogP contribution >= 0.6 is 11.6 Å². The number of nitrogens with zero attached hydrogens (tertiary/aromatic N) is 6. The summed E-state index contributed by atoms with van der Waals surface area (Å²) >= 11 is 6.35. The molecule has 2 aliphatic carbocycles. The zero-order chi connectivity index (χ0) is 26.1. The molecule has 6 rings (SSSR count).